The molecule has 0 rings (SSSR count). The number of ether oxygens (including phenoxy) is 2. The first kappa shape index (κ1) is 24.9. The van der Waals surface area contributed by atoms with Gasteiger partial charge in [0.05, 0.1) is 12.7 Å². The van der Waals surface area contributed by atoms with Gasteiger partial charge < -0.3 is 9.47 Å². The zero-order valence-corrected chi connectivity index (χ0v) is 17.5. The number of hydrogen-bond donors (Lipinski definition) is 0. The molecule has 0 aromatic carbocycles. The summed E-state index contributed by atoms with van der Waals surface area (Å²) in [6, 6.07) is 0. The zero-order valence-electron chi connectivity index (χ0n) is 17.5. The van der Waals surface area contributed by atoms with Crippen molar-refractivity contribution >= 4 is 11.9 Å². The normalized spacial score (nSPS) is 12.0. The lowest BCUT2D eigenvalue weighted by Gasteiger charge is -2.12. The molecule has 0 amide bonds. The van der Waals surface area contributed by atoms with Gasteiger partial charge in [0, 0.05) is 12.8 Å². The Balaban J connectivity index is 3.40. The molecule has 0 heterocycles. The van der Waals surface area contributed by atoms with Crippen LogP contribution in [0.3, 0.4) is 0 Å². The van der Waals surface area contributed by atoms with Gasteiger partial charge in [-0.2, -0.15) is 0 Å². The minimum absolute atomic E-state index is 0.0268. The highest BCUT2D eigenvalue weighted by Crippen LogP contribution is 2.10. The van der Waals surface area contributed by atoms with Gasteiger partial charge in [-0.05, 0) is 26.2 Å². The lowest BCUT2D eigenvalue weighted by Crippen LogP contribution is -2.15. The molecular formula is C22H42O4. The lowest BCUT2D eigenvalue weighted by atomic mass is 10.1. The van der Waals surface area contributed by atoms with Crippen LogP contribution in [0.4, 0.5) is 0 Å². The molecule has 26 heavy (non-hydrogen) atoms. The molecule has 1 unspecified atom stereocenters. The summed E-state index contributed by atoms with van der Waals surface area (Å²) in [6.45, 7) is 6.79. The van der Waals surface area contributed by atoms with Gasteiger partial charge in [-0.25, -0.2) is 0 Å². The van der Waals surface area contributed by atoms with E-state index >= 15 is 0 Å². The molecular weight excluding hydrogens is 328 g/mol. The largest absolute Gasteiger partial charge is 0.466 e. The first-order valence-corrected chi connectivity index (χ1v) is 10.9. The third-order valence-corrected chi connectivity index (χ3v) is 4.57. The molecule has 4 heteroatoms. The summed E-state index contributed by atoms with van der Waals surface area (Å²) in [5.74, 6) is -0.406. The molecule has 0 radical (unpaired) electrons. The van der Waals surface area contributed by atoms with E-state index in [1.54, 1.807) is 0 Å². The fourth-order valence-electron chi connectivity index (χ4n) is 2.88. The summed E-state index contributed by atoms with van der Waals surface area (Å²) in [4.78, 5) is 23.3. The van der Waals surface area contributed by atoms with Crippen molar-refractivity contribution in [1.82, 2.24) is 0 Å². The van der Waals surface area contributed by atoms with E-state index in [1.807, 2.05) is 6.92 Å². The highest BCUT2D eigenvalue weighted by molar-refractivity contribution is 5.72. The molecule has 0 aliphatic carbocycles. The number of carbonyl (C=O) groups is 2. The molecule has 0 aromatic heterocycles. The fraction of sp³-hybridized carbons (Fsp3) is 0.909. The number of esters is 2. The summed E-state index contributed by atoms with van der Waals surface area (Å²) < 4.78 is 10.5. The standard InChI is InChI=1S/C22H42O4/c1-4-6-8-9-10-11-12-13-14-19-25-21(23)17-15-18-22(24)26-20(3)16-7-5-2/h20H,4-19H2,1-3H3. The molecule has 0 aromatic rings. The van der Waals surface area contributed by atoms with Crippen LogP contribution in [0.5, 0.6) is 0 Å². The average molecular weight is 371 g/mol. The zero-order chi connectivity index (χ0) is 19.5. The van der Waals surface area contributed by atoms with Crippen LogP contribution in [-0.4, -0.2) is 24.6 Å². The summed E-state index contributed by atoms with van der Waals surface area (Å²) in [5, 5.41) is 0. The van der Waals surface area contributed by atoms with Crippen molar-refractivity contribution in [2.24, 2.45) is 0 Å². The molecule has 0 saturated heterocycles. The second-order valence-corrected chi connectivity index (χ2v) is 7.35. The van der Waals surface area contributed by atoms with Crippen molar-refractivity contribution < 1.29 is 19.1 Å². The van der Waals surface area contributed by atoms with Gasteiger partial charge in [-0.3, -0.25) is 9.59 Å². The van der Waals surface area contributed by atoms with Gasteiger partial charge in [0.15, 0.2) is 0 Å². The van der Waals surface area contributed by atoms with E-state index in [4.69, 9.17) is 9.47 Å². The fourth-order valence-corrected chi connectivity index (χ4v) is 2.88. The van der Waals surface area contributed by atoms with Crippen LogP contribution in [-0.2, 0) is 19.1 Å². The third kappa shape index (κ3) is 17.8. The van der Waals surface area contributed by atoms with Crippen molar-refractivity contribution in [2.45, 2.75) is 123 Å². The molecule has 0 spiro atoms. The number of unbranched alkanes of at least 4 members (excludes halogenated alkanes) is 9. The smallest absolute Gasteiger partial charge is 0.306 e. The Morgan fingerprint density at radius 2 is 1.23 bits per heavy atom. The van der Waals surface area contributed by atoms with Crippen molar-refractivity contribution in [3.05, 3.63) is 0 Å². The Morgan fingerprint density at radius 3 is 1.85 bits per heavy atom. The first-order chi connectivity index (χ1) is 12.6. The van der Waals surface area contributed by atoms with Gasteiger partial charge in [0.25, 0.3) is 0 Å². The molecule has 0 fully saturated rings. The van der Waals surface area contributed by atoms with Gasteiger partial charge in [0.2, 0.25) is 0 Å². The summed E-state index contributed by atoms with van der Waals surface area (Å²) in [5.41, 5.74) is 0. The second-order valence-electron chi connectivity index (χ2n) is 7.35. The molecule has 0 aliphatic rings. The molecule has 154 valence electrons. The predicted octanol–water partition coefficient (Wildman–Crippen LogP) is 6.35. The Morgan fingerprint density at radius 1 is 0.692 bits per heavy atom. The summed E-state index contributed by atoms with van der Waals surface area (Å²) in [6.07, 6.45) is 15.4. The van der Waals surface area contributed by atoms with E-state index in [9.17, 15) is 9.59 Å². The van der Waals surface area contributed by atoms with Crippen LogP contribution in [0.15, 0.2) is 0 Å². The maximum Gasteiger partial charge on any atom is 0.306 e. The van der Waals surface area contributed by atoms with Crippen molar-refractivity contribution in [2.75, 3.05) is 6.61 Å². The van der Waals surface area contributed by atoms with Gasteiger partial charge >= 0.3 is 11.9 Å². The Bertz CT molecular complexity index is 341. The minimum atomic E-state index is -0.208. The Hall–Kier alpha value is -1.06. The highest BCUT2D eigenvalue weighted by atomic mass is 16.5. The van der Waals surface area contributed by atoms with Crippen molar-refractivity contribution in [1.29, 1.82) is 0 Å². The van der Waals surface area contributed by atoms with Crippen LogP contribution < -0.4 is 0 Å². The lowest BCUT2D eigenvalue weighted by molar-refractivity contribution is -0.149. The van der Waals surface area contributed by atoms with E-state index < -0.39 is 0 Å². The first-order valence-electron chi connectivity index (χ1n) is 10.9. The maximum atomic E-state index is 11.7. The van der Waals surface area contributed by atoms with Gasteiger partial charge in [0.1, 0.15) is 0 Å². The molecule has 0 N–H and O–H groups in total. The van der Waals surface area contributed by atoms with Crippen molar-refractivity contribution in [3.63, 3.8) is 0 Å². The molecule has 0 bridgehead atoms. The molecule has 0 saturated carbocycles. The van der Waals surface area contributed by atoms with Crippen LogP contribution in [0.1, 0.15) is 117 Å². The van der Waals surface area contributed by atoms with Gasteiger partial charge in [-0.1, -0.05) is 78.1 Å². The van der Waals surface area contributed by atoms with Crippen LogP contribution in [0.2, 0.25) is 0 Å². The maximum absolute atomic E-state index is 11.7. The minimum Gasteiger partial charge on any atom is -0.466 e. The second kappa shape index (κ2) is 18.7. The van der Waals surface area contributed by atoms with E-state index in [-0.39, 0.29) is 18.0 Å². The van der Waals surface area contributed by atoms with Gasteiger partial charge in [-0.15, -0.1) is 0 Å². The molecule has 0 aliphatic heterocycles. The van der Waals surface area contributed by atoms with Crippen LogP contribution >= 0.6 is 0 Å². The number of rotatable bonds is 18. The third-order valence-electron chi connectivity index (χ3n) is 4.57. The Kier molecular flexibility index (Phi) is 18.0. The monoisotopic (exact) mass is 370 g/mol. The number of carbonyl (C=O) groups excluding carboxylic acids is 2. The average Bonchev–Trinajstić information content (AvgIpc) is 2.61. The van der Waals surface area contributed by atoms with E-state index in [0.717, 1.165) is 32.1 Å². The topological polar surface area (TPSA) is 52.6 Å². The quantitative estimate of drug-likeness (QED) is 0.208. The van der Waals surface area contributed by atoms with E-state index in [1.165, 1.54) is 44.9 Å². The van der Waals surface area contributed by atoms with Crippen LogP contribution in [0.25, 0.3) is 0 Å². The molecule has 1 atom stereocenters. The summed E-state index contributed by atoms with van der Waals surface area (Å²) in [7, 11) is 0. The highest BCUT2D eigenvalue weighted by Gasteiger charge is 2.10. The Labute approximate surface area is 161 Å². The predicted molar refractivity (Wildman–Crippen MR) is 107 cm³/mol. The SMILES string of the molecule is CCCCCCCCCCCOC(=O)CCCC(=O)OC(C)CCCC. The molecule has 4 nitrogen and oxygen atoms in total. The van der Waals surface area contributed by atoms with E-state index in [0.29, 0.717) is 25.9 Å². The van der Waals surface area contributed by atoms with Crippen LogP contribution in [0, 0.1) is 0 Å². The van der Waals surface area contributed by atoms with E-state index in [2.05, 4.69) is 13.8 Å². The summed E-state index contributed by atoms with van der Waals surface area (Å²) >= 11 is 0. The number of hydrogen-bond acceptors (Lipinski definition) is 4. The van der Waals surface area contributed by atoms with Crippen molar-refractivity contribution in [3.8, 4) is 0 Å².